The number of hydrogen-bond acceptors (Lipinski definition) is 4. The van der Waals surface area contributed by atoms with E-state index >= 15 is 0 Å². The fourth-order valence-corrected chi connectivity index (χ4v) is 1.62. The smallest absolute Gasteiger partial charge is 0.249 e. The summed E-state index contributed by atoms with van der Waals surface area (Å²) < 4.78 is 10.0. The van der Waals surface area contributed by atoms with Gasteiger partial charge >= 0.3 is 0 Å². The third kappa shape index (κ3) is 4.11. The SMILES string of the molecule is COCCN(CCOC)C(=O)C(C)=C1CNC1. The van der Waals surface area contributed by atoms with Crippen LogP contribution in [0.4, 0.5) is 0 Å². The molecule has 1 amide bonds. The van der Waals surface area contributed by atoms with Crippen LogP contribution in [-0.4, -0.2) is 64.4 Å². The van der Waals surface area contributed by atoms with Crippen molar-refractivity contribution in [1.29, 1.82) is 0 Å². The Morgan fingerprint density at radius 2 is 1.76 bits per heavy atom. The summed E-state index contributed by atoms with van der Waals surface area (Å²) in [6, 6.07) is 0. The lowest BCUT2D eigenvalue weighted by Crippen LogP contribution is -2.41. The summed E-state index contributed by atoms with van der Waals surface area (Å²) >= 11 is 0. The highest BCUT2D eigenvalue weighted by molar-refractivity contribution is 5.94. The highest BCUT2D eigenvalue weighted by atomic mass is 16.5. The normalized spacial score (nSPS) is 14.4. The highest BCUT2D eigenvalue weighted by Crippen LogP contribution is 2.11. The number of amides is 1. The average molecular weight is 242 g/mol. The highest BCUT2D eigenvalue weighted by Gasteiger charge is 2.20. The van der Waals surface area contributed by atoms with Crippen LogP contribution in [0.3, 0.4) is 0 Å². The van der Waals surface area contributed by atoms with Gasteiger partial charge in [-0.2, -0.15) is 0 Å². The van der Waals surface area contributed by atoms with Crippen molar-refractivity contribution < 1.29 is 14.3 Å². The van der Waals surface area contributed by atoms with Crippen molar-refractivity contribution in [3.05, 3.63) is 11.1 Å². The Kier molecular flexibility index (Phi) is 6.18. The molecule has 0 aromatic rings. The van der Waals surface area contributed by atoms with Gasteiger partial charge in [0.25, 0.3) is 0 Å². The van der Waals surface area contributed by atoms with Crippen LogP contribution in [0.25, 0.3) is 0 Å². The molecule has 0 bridgehead atoms. The maximum atomic E-state index is 12.2. The maximum absolute atomic E-state index is 12.2. The van der Waals surface area contributed by atoms with Crippen molar-refractivity contribution in [1.82, 2.24) is 10.2 Å². The summed E-state index contributed by atoms with van der Waals surface area (Å²) in [5.41, 5.74) is 2.06. The molecule has 1 saturated heterocycles. The lowest BCUT2D eigenvalue weighted by Gasteiger charge is -2.26. The van der Waals surface area contributed by atoms with Crippen molar-refractivity contribution in [2.75, 3.05) is 53.6 Å². The number of carbonyl (C=O) groups is 1. The minimum atomic E-state index is 0.0931. The quantitative estimate of drug-likeness (QED) is 0.640. The second-order valence-corrected chi connectivity index (χ2v) is 4.11. The minimum absolute atomic E-state index is 0.0931. The molecule has 5 nitrogen and oxygen atoms in total. The van der Waals surface area contributed by atoms with Gasteiger partial charge in [0.05, 0.1) is 13.2 Å². The van der Waals surface area contributed by atoms with Gasteiger partial charge in [-0.05, 0) is 12.5 Å². The molecule has 17 heavy (non-hydrogen) atoms. The predicted molar refractivity (Wildman–Crippen MR) is 65.9 cm³/mol. The van der Waals surface area contributed by atoms with Crippen LogP contribution >= 0.6 is 0 Å². The summed E-state index contributed by atoms with van der Waals surface area (Å²) in [6.45, 7) is 5.88. The Hall–Kier alpha value is -0.910. The number of nitrogens with one attached hydrogen (secondary N) is 1. The van der Waals surface area contributed by atoms with E-state index in [1.165, 1.54) is 5.57 Å². The first-order valence-corrected chi connectivity index (χ1v) is 5.87. The first kappa shape index (κ1) is 14.2. The van der Waals surface area contributed by atoms with Crippen LogP contribution in [0.1, 0.15) is 6.92 Å². The second-order valence-electron chi connectivity index (χ2n) is 4.11. The number of rotatable bonds is 7. The van der Waals surface area contributed by atoms with E-state index in [4.69, 9.17) is 9.47 Å². The van der Waals surface area contributed by atoms with Crippen LogP contribution in [0.2, 0.25) is 0 Å². The molecule has 0 aromatic heterocycles. The van der Waals surface area contributed by atoms with Gasteiger partial charge in [-0.3, -0.25) is 4.79 Å². The standard InChI is InChI=1S/C12H22N2O3/c1-10(11-8-13-9-11)12(15)14(4-6-16-2)5-7-17-3/h13H,4-9H2,1-3H3. The van der Waals surface area contributed by atoms with Gasteiger partial charge in [0.15, 0.2) is 0 Å². The molecular weight excluding hydrogens is 220 g/mol. The van der Waals surface area contributed by atoms with E-state index < -0.39 is 0 Å². The van der Waals surface area contributed by atoms with E-state index in [-0.39, 0.29) is 5.91 Å². The van der Waals surface area contributed by atoms with Gasteiger partial charge in [0, 0.05) is 46.0 Å². The molecule has 1 heterocycles. The molecule has 1 aliphatic heterocycles. The summed E-state index contributed by atoms with van der Waals surface area (Å²) in [7, 11) is 3.28. The van der Waals surface area contributed by atoms with Gasteiger partial charge in [0.1, 0.15) is 0 Å². The van der Waals surface area contributed by atoms with E-state index in [0.29, 0.717) is 26.3 Å². The lowest BCUT2D eigenvalue weighted by atomic mass is 10.0. The fraction of sp³-hybridized carbons (Fsp3) is 0.750. The minimum Gasteiger partial charge on any atom is -0.383 e. The largest absolute Gasteiger partial charge is 0.383 e. The van der Waals surface area contributed by atoms with Crippen LogP contribution in [0.5, 0.6) is 0 Å². The van der Waals surface area contributed by atoms with Gasteiger partial charge in [-0.15, -0.1) is 0 Å². The number of carbonyl (C=O) groups excluding carboxylic acids is 1. The molecule has 5 heteroatoms. The van der Waals surface area contributed by atoms with Crippen molar-refractivity contribution in [2.45, 2.75) is 6.92 Å². The fourth-order valence-electron chi connectivity index (χ4n) is 1.62. The molecule has 0 aromatic carbocycles. The Morgan fingerprint density at radius 3 is 2.12 bits per heavy atom. The van der Waals surface area contributed by atoms with Crippen LogP contribution in [0.15, 0.2) is 11.1 Å². The van der Waals surface area contributed by atoms with Gasteiger partial charge < -0.3 is 19.7 Å². The van der Waals surface area contributed by atoms with E-state index in [0.717, 1.165) is 18.7 Å². The van der Waals surface area contributed by atoms with Crippen molar-refractivity contribution in [2.24, 2.45) is 0 Å². The molecule has 98 valence electrons. The average Bonchev–Trinajstić information content (AvgIpc) is 2.26. The van der Waals surface area contributed by atoms with E-state index in [9.17, 15) is 4.79 Å². The van der Waals surface area contributed by atoms with Gasteiger partial charge in [-0.1, -0.05) is 0 Å². The van der Waals surface area contributed by atoms with Crippen LogP contribution in [0, 0.1) is 0 Å². The molecule has 0 atom stereocenters. The van der Waals surface area contributed by atoms with Crippen LogP contribution in [-0.2, 0) is 14.3 Å². The predicted octanol–water partition coefficient (Wildman–Crippen LogP) is 0.0275. The third-order valence-corrected chi connectivity index (χ3v) is 2.95. The lowest BCUT2D eigenvalue weighted by molar-refractivity contribution is -0.128. The molecule has 0 radical (unpaired) electrons. The molecule has 0 unspecified atom stereocenters. The zero-order valence-electron chi connectivity index (χ0n) is 10.9. The molecule has 0 aliphatic carbocycles. The van der Waals surface area contributed by atoms with Crippen molar-refractivity contribution >= 4 is 5.91 Å². The summed E-state index contributed by atoms with van der Waals surface area (Å²) in [5, 5.41) is 3.14. The monoisotopic (exact) mass is 242 g/mol. The van der Waals surface area contributed by atoms with Gasteiger partial charge in [-0.25, -0.2) is 0 Å². The Balaban J connectivity index is 2.57. The molecule has 1 N–H and O–H groups in total. The maximum Gasteiger partial charge on any atom is 0.249 e. The number of ether oxygens (including phenoxy) is 2. The van der Waals surface area contributed by atoms with Crippen molar-refractivity contribution in [3.63, 3.8) is 0 Å². The molecule has 1 fully saturated rings. The van der Waals surface area contributed by atoms with E-state index in [1.807, 2.05) is 6.92 Å². The number of methoxy groups -OCH3 is 2. The third-order valence-electron chi connectivity index (χ3n) is 2.95. The van der Waals surface area contributed by atoms with Crippen LogP contribution < -0.4 is 5.32 Å². The number of hydrogen-bond donors (Lipinski definition) is 1. The van der Waals surface area contributed by atoms with Crippen molar-refractivity contribution in [3.8, 4) is 0 Å². The summed E-state index contributed by atoms with van der Waals surface area (Å²) in [4.78, 5) is 14.0. The molecule has 0 saturated carbocycles. The summed E-state index contributed by atoms with van der Waals surface area (Å²) in [5.74, 6) is 0.0931. The Labute approximate surface area is 103 Å². The zero-order chi connectivity index (χ0) is 12.7. The van der Waals surface area contributed by atoms with E-state index in [2.05, 4.69) is 5.32 Å². The molecular formula is C12H22N2O3. The molecule has 1 rings (SSSR count). The van der Waals surface area contributed by atoms with E-state index in [1.54, 1.807) is 19.1 Å². The number of nitrogens with zero attached hydrogens (tertiary/aromatic N) is 1. The Morgan fingerprint density at radius 1 is 1.24 bits per heavy atom. The zero-order valence-corrected chi connectivity index (χ0v) is 10.9. The topological polar surface area (TPSA) is 50.8 Å². The molecule has 0 spiro atoms. The van der Waals surface area contributed by atoms with Gasteiger partial charge in [0.2, 0.25) is 5.91 Å². The second kappa shape index (κ2) is 7.42. The Bertz CT molecular complexity index is 275. The molecule has 1 aliphatic rings. The summed E-state index contributed by atoms with van der Waals surface area (Å²) in [6.07, 6.45) is 0. The first-order valence-electron chi connectivity index (χ1n) is 5.87. The first-order chi connectivity index (χ1) is 8.20.